The lowest BCUT2D eigenvalue weighted by Crippen LogP contribution is -2.77. The topological polar surface area (TPSA) is 61.5 Å². The van der Waals surface area contributed by atoms with Crippen molar-refractivity contribution in [3.05, 3.63) is 63.5 Å². The van der Waals surface area contributed by atoms with Gasteiger partial charge in [-0.1, -0.05) is 37.3 Å². The van der Waals surface area contributed by atoms with Crippen molar-refractivity contribution in [2.75, 3.05) is 0 Å². The van der Waals surface area contributed by atoms with Crippen molar-refractivity contribution >= 4 is 0 Å². The molecule has 134 valence electrons. The van der Waals surface area contributed by atoms with Gasteiger partial charge in [0.25, 0.3) is 0 Å². The second-order valence-electron chi connectivity index (χ2n) is 8.81. The number of allylic oxidation sites excluding steroid dienone is 2. The summed E-state index contributed by atoms with van der Waals surface area (Å²) in [4.78, 5) is 26.7. The number of benzene rings is 1. The van der Waals surface area contributed by atoms with Crippen molar-refractivity contribution in [3.63, 3.8) is 0 Å². The van der Waals surface area contributed by atoms with Gasteiger partial charge < -0.3 is 4.74 Å². The van der Waals surface area contributed by atoms with Crippen molar-refractivity contribution in [1.29, 1.82) is 0 Å². The minimum Gasteiger partial charge on any atom is -0.362 e. The normalized spacial score (nSPS) is 46.3. The van der Waals surface area contributed by atoms with Gasteiger partial charge in [0.15, 0.2) is 0 Å². The van der Waals surface area contributed by atoms with Crippen LogP contribution in [-0.2, 0) is 10.3 Å². The molecule has 1 aromatic heterocycles. The highest BCUT2D eigenvalue weighted by Gasteiger charge is 2.94. The molecule has 7 rings (SSSR count). The molecular formula is C20H21N3O3. The third-order valence-corrected chi connectivity index (χ3v) is 8.25. The van der Waals surface area contributed by atoms with Crippen molar-refractivity contribution in [3.8, 4) is 5.69 Å². The van der Waals surface area contributed by atoms with E-state index in [-0.39, 0.29) is 40.0 Å². The van der Waals surface area contributed by atoms with Gasteiger partial charge in [0.05, 0.1) is 17.3 Å². The van der Waals surface area contributed by atoms with E-state index in [0.717, 1.165) is 0 Å². The number of nitrogens with zero attached hydrogens (tertiary/aromatic N) is 3. The Hall–Kier alpha value is -2.34. The van der Waals surface area contributed by atoms with Crippen molar-refractivity contribution < 1.29 is 4.74 Å². The molecule has 0 amide bonds. The number of para-hydroxylation sites is 1. The zero-order valence-electron chi connectivity index (χ0n) is 15.3. The molecule has 6 atom stereocenters. The molecule has 0 radical (unpaired) electrons. The summed E-state index contributed by atoms with van der Waals surface area (Å²) in [6.07, 6.45) is 4.20. The summed E-state index contributed by atoms with van der Waals surface area (Å²) in [6, 6.07) is 9.00. The van der Waals surface area contributed by atoms with Crippen LogP contribution in [0.15, 0.2) is 52.1 Å². The van der Waals surface area contributed by atoms with Gasteiger partial charge in [-0.25, -0.2) is 23.5 Å². The van der Waals surface area contributed by atoms with Crippen LogP contribution in [0.1, 0.15) is 33.7 Å². The Morgan fingerprint density at radius 3 is 2.38 bits per heavy atom. The molecule has 3 aliphatic heterocycles. The van der Waals surface area contributed by atoms with Crippen LogP contribution >= 0.6 is 0 Å². The van der Waals surface area contributed by atoms with E-state index in [1.54, 1.807) is 21.5 Å². The van der Waals surface area contributed by atoms with Crippen LogP contribution in [0, 0.1) is 11.3 Å². The second kappa shape index (κ2) is 3.69. The maximum atomic E-state index is 13.4. The maximum absolute atomic E-state index is 13.4. The molecule has 2 bridgehead atoms. The minimum absolute atomic E-state index is 0.160. The second-order valence-corrected chi connectivity index (χ2v) is 8.81. The van der Waals surface area contributed by atoms with Crippen molar-refractivity contribution in [2.24, 2.45) is 11.3 Å². The van der Waals surface area contributed by atoms with Crippen LogP contribution in [0.3, 0.4) is 0 Å². The third-order valence-electron chi connectivity index (χ3n) is 8.25. The third kappa shape index (κ3) is 1.08. The first-order valence-corrected chi connectivity index (χ1v) is 9.14. The zero-order chi connectivity index (χ0) is 18.3. The quantitative estimate of drug-likeness (QED) is 0.582. The largest absolute Gasteiger partial charge is 0.362 e. The fourth-order valence-corrected chi connectivity index (χ4v) is 6.64. The molecule has 0 N–H and O–H groups in total. The Bertz CT molecular complexity index is 1140. The minimum atomic E-state index is -0.604. The van der Waals surface area contributed by atoms with E-state index < -0.39 is 5.54 Å². The summed E-state index contributed by atoms with van der Waals surface area (Å²) in [6.45, 7) is 8.55. The Labute approximate surface area is 150 Å². The zero-order valence-corrected chi connectivity index (χ0v) is 15.3. The highest BCUT2D eigenvalue weighted by atomic mass is 16.6. The highest BCUT2D eigenvalue weighted by Crippen LogP contribution is 2.84. The molecule has 26 heavy (non-hydrogen) atoms. The molecule has 5 aliphatic rings. The van der Waals surface area contributed by atoms with Crippen LogP contribution in [-0.4, -0.2) is 25.1 Å². The molecule has 1 saturated heterocycles. The average Bonchev–Trinajstić information content (AvgIpc) is 2.98. The van der Waals surface area contributed by atoms with E-state index in [1.165, 1.54) is 4.57 Å². The number of aromatic nitrogens is 3. The van der Waals surface area contributed by atoms with E-state index in [0.29, 0.717) is 5.69 Å². The number of ether oxygens (including phenoxy) is 1. The predicted molar refractivity (Wildman–Crippen MR) is 95.6 cm³/mol. The first kappa shape index (κ1) is 14.8. The summed E-state index contributed by atoms with van der Waals surface area (Å²) in [5, 5.41) is 0. The lowest BCUT2D eigenvalue weighted by Gasteiger charge is -2.67. The molecule has 6 heteroatoms. The first-order valence-electron chi connectivity index (χ1n) is 9.14. The van der Waals surface area contributed by atoms with E-state index in [2.05, 4.69) is 39.8 Å². The molecule has 0 spiro atoms. The summed E-state index contributed by atoms with van der Waals surface area (Å²) in [7, 11) is 0. The Kier molecular flexibility index (Phi) is 2.10. The molecular weight excluding hydrogens is 330 g/mol. The molecule has 1 aromatic carbocycles. The van der Waals surface area contributed by atoms with Crippen LogP contribution in [0.25, 0.3) is 5.69 Å². The summed E-state index contributed by atoms with van der Waals surface area (Å²) < 4.78 is 10.8. The summed E-state index contributed by atoms with van der Waals surface area (Å²) >= 11 is 0. The first-order chi connectivity index (χ1) is 12.2. The number of epoxide rings is 1. The lowest BCUT2D eigenvalue weighted by atomic mass is 9.38. The van der Waals surface area contributed by atoms with Gasteiger partial charge in [0.1, 0.15) is 11.2 Å². The molecule has 2 aromatic rings. The SMILES string of the molecule is C[C@]12O[C@]1(C)[C@@H]1[C@@H]3C=C[C@](C)(n4c(=O)n(-c5ccccc5)c(=O)n43)[C@]12C. The summed E-state index contributed by atoms with van der Waals surface area (Å²) in [5.41, 5.74) is -1.28. The van der Waals surface area contributed by atoms with E-state index >= 15 is 0 Å². The maximum Gasteiger partial charge on any atom is 0.352 e. The van der Waals surface area contributed by atoms with Gasteiger partial charge in [-0.3, -0.25) is 0 Å². The number of fused-ring (bicyclic) bond motifs is 1. The number of rotatable bonds is 1. The van der Waals surface area contributed by atoms with Crippen LogP contribution in [0.5, 0.6) is 0 Å². The molecule has 0 unspecified atom stereocenters. The van der Waals surface area contributed by atoms with Crippen LogP contribution in [0.4, 0.5) is 0 Å². The van der Waals surface area contributed by atoms with E-state index in [9.17, 15) is 9.59 Å². The average molecular weight is 351 g/mol. The Morgan fingerprint density at radius 1 is 1.00 bits per heavy atom. The Balaban J connectivity index is 1.70. The van der Waals surface area contributed by atoms with Gasteiger partial charge in [0.2, 0.25) is 0 Å². The molecule has 2 fully saturated rings. The highest BCUT2D eigenvalue weighted by molar-refractivity contribution is 5.46. The summed E-state index contributed by atoms with van der Waals surface area (Å²) in [5.74, 6) is 0.179. The van der Waals surface area contributed by atoms with Crippen molar-refractivity contribution in [2.45, 2.75) is 50.5 Å². The molecule has 2 aliphatic carbocycles. The van der Waals surface area contributed by atoms with Gasteiger partial charge in [-0.15, -0.1) is 0 Å². The van der Waals surface area contributed by atoms with Crippen LogP contribution < -0.4 is 11.4 Å². The van der Waals surface area contributed by atoms with Gasteiger partial charge in [-0.2, -0.15) is 0 Å². The van der Waals surface area contributed by atoms with Gasteiger partial charge >= 0.3 is 11.4 Å². The monoisotopic (exact) mass is 351 g/mol. The molecule has 1 saturated carbocycles. The lowest BCUT2D eigenvalue weighted by molar-refractivity contribution is -0.148. The standard InChI is InChI=1S/C20H21N3O3/c1-17-11-10-13(14-18(17,2)20(4)19(14,3)26-20)22-15(24)21(16(25)23(17)22)12-8-6-5-7-9-12/h5-11,13-14H,1-4H3/t13-,14+,17-,18-,19+,20+/m0/s1. The fraction of sp³-hybridized carbons (Fsp3) is 0.500. The van der Waals surface area contributed by atoms with E-state index in [1.807, 2.05) is 18.2 Å². The van der Waals surface area contributed by atoms with Crippen LogP contribution in [0.2, 0.25) is 0 Å². The predicted octanol–water partition coefficient (Wildman–Crippen LogP) is 1.82. The smallest absolute Gasteiger partial charge is 0.352 e. The molecule has 4 heterocycles. The van der Waals surface area contributed by atoms with Crippen molar-refractivity contribution in [1.82, 2.24) is 13.9 Å². The fourth-order valence-electron chi connectivity index (χ4n) is 6.64. The number of hydrogen-bond acceptors (Lipinski definition) is 3. The van der Waals surface area contributed by atoms with Gasteiger partial charge in [-0.05, 0) is 32.9 Å². The van der Waals surface area contributed by atoms with E-state index in [4.69, 9.17) is 4.74 Å². The van der Waals surface area contributed by atoms with Gasteiger partial charge in [0, 0.05) is 11.3 Å². The molecule has 6 nitrogen and oxygen atoms in total. The Morgan fingerprint density at radius 2 is 1.69 bits per heavy atom. The number of hydrogen-bond donors (Lipinski definition) is 0.